The summed E-state index contributed by atoms with van der Waals surface area (Å²) in [7, 11) is -1.80. The van der Waals surface area contributed by atoms with Crippen LogP contribution in [0.2, 0.25) is 0 Å². The molecule has 0 amide bonds. The average Bonchev–Trinajstić information content (AvgIpc) is 2.28. The molecule has 0 saturated carbocycles. The van der Waals surface area contributed by atoms with Crippen LogP contribution in [0.5, 0.6) is 0 Å². The molecule has 1 aromatic rings. The fourth-order valence-corrected chi connectivity index (χ4v) is 1.84. The molecule has 18 heavy (non-hydrogen) atoms. The maximum atomic E-state index is 11.2. The Balaban J connectivity index is 2.64. The molecule has 0 aliphatic carbocycles. The molecule has 1 heterocycles. The van der Waals surface area contributed by atoms with Gasteiger partial charge in [0, 0.05) is 18.2 Å². The Kier molecular flexibility index (Phi) is 4.64. The van der Waals surface area contributed by atoms with E-state index in [1.165, 1.54) is 7.05 Å². The second-order valence-corrected chi connectivity index (χ2v) is 7.01. The topological polar surface area (TPSA) is 84.0 Å². The van der Waals surface area contributed by atoms with E-state index in [-0.39, 0.29) is 17.7 Å². The Hall–Kier alpha value is -1.21. The molecular formula is C11H20N4O2S. The van der Waals surface area contributed by atoms with E-state index in [1.807, 2.05) is 6.07 Å². The van der Waals surface area contributed by atoms with E-state index in [0.717, 1.165) is 5.69 Å². The van der Waals surface area contributed by atoms with Gasteiger partial charge in [0.25, 0.3) is 0 Å². The van der Waals surface area contributed by atoms with Crippen LogP contribution in [0, 0.1) is 0 Å². The van der Waals surface area contributed by atoms with Gasteiger partial charge >= 0.3 is 0 Å². The van der Waals surface area contributed by atoms with Crippen LogP contribution in [-0.4, -0.2) is 37.7 Å². The molecule has 0 fully saturated rings. The summed E-state index contributed by atoms with van der Waals surface area (Å²) in [6.07, 6.45) is 1.67. The van der Waals surface area contributed by atoms with E-state index < -0.39 is 10.0 Å². The van der Waals surface area contributed by atoms with Gasteiger partial charge in [0.2, 0.25) is 16.0 Å². The summed E-state index contributed by atoms with van der Waals surface area (Å²) in [6, 6.07) is 1.86. The van der Waals surface area contributed by atoms with Gasteiger partial charge in [-0.25, -0.2) is 23.1 Å². The molecule has 0 aliphatic heterocycles. The Bertz CT molecular complexity index is 494. The zero-order valence-electron chi connectivity index (χ0n) is 11.2. The van der Waals surface area contributed by atoms with Gasteiger partial charge < -0.3 is 5.32 Å². The number of aromatic nitrogens is 2. The largest absolute Gasteiger partial charge is 0.353 e. The zero-order valence-corrected chi connectivity index (χ0v) is 12.0. The third-order valence-electron chi connectivity index (χ3n) is 2.39. The second kappa shape index (κ2) is 5.62. The number of sulfonamides is 1. The Morgan fingerprint density at radius 2 is 2.00 bits per heavy atom. The quantitative estimate of drug-likeness (QED) is 0.825. The lowest BCUT2D eigenvalue weighted by atomic mass is 9.92. The minimum Gasteiger partial charge on any atom is -0.353 e. The van der Waals surface area contributed by atoms with Crippen LogP contribution < -0.4 is 10.0 Å². The van der Waals surface area contributed by atoms with Crippen molar-refractivity contribution in [3.63, 3.8) is 0 Å². The van der Waals surface area contributed by atoms with Crippen LogP contribution in [-0.2, 0) is 15.4 Å². The van der Waals surface area contributed by atoms with Gasteiger partial charge in [-0.05, 0) is 13.1 Å². The molecular weight excluding hydrogens is 252 g/mol. The van der Waals surface area contributed by atoms with E-state index in [9.17, 15) is 8.42 Å². The molecule has 1 aromatic heterocycles. The van der Waals surface area contributed by atoms with Gasteiger partial charge in [-0.1, -0.05) is 20.8 Å². The van der Waals surface area contributed by atoms with Crippen LogP contribution in [0.1, 0.15) is 26.5 Å². The van der Waals surface area contributed by atoms with E-state index in [2.05, 4.69) is 40.8 Å². The van der Waals surface area contributed by atoms with Crippen LogP contribution in [0.25, 0.3) is 0 Å². The minimum absolute atomic E-state index is 0.00734. The first kappa shape index (κ1) is 14.8. The third kappa shape index (κ3) is 4.58. The highest BCUT2D eigenvalue weighted by atomic mass is 32.2. The van der Waals surface area contributed by atoms with Gasteiger partial charge in [-0.3, -0.25) is 0 Å². The van der Waals surface area contributed by atoms with Gasteiger partial charge in [0.15, 0.2) is 0 Å². The fourth-order valence-electron chi connectivity index (χ4n) is 1.26. The first-order chi connectivity index (χ1) is 8.24. The minimum atomic E-state index is -3.20. The normalized spacial score (nSPS) is 12.4. The predicted molar refractivity (Wildman–Crippen MR) is 72.1 cm³/mol. The maximum absolute atomic E-state index is 11.2. The van der Waals surface area contributed by atoms with Crippen molar-refractivity contribution in [3.8, 4) is 0 Å². The van der Waals surface area contributed by atoms with Crippen molar-refractivity contribution in [2.24, 2.45) is 0 Å². The van der Waals surface area contributed by atoms with Crippen molar-refractivity contribution in [2.75, 3.05) is 24.7 Å². The standard InChI is InChI=1S/C11H20N4O2S/c1-11(2,3)9-5-6-13-10(15-9)14-7-8-18(16,17)12-4/h5-6,12H,7-8H2,1-4H3,(H,13,14,15). The van der Waals surface area contributed by atoms with Crippen LogP contribution in [0.3, 0.4) is 0 Å². The van der Waals surface area contributed by atoms with E-state index >= 15 is 0 Å². The van der Waals surface area contributed by atoms with E-state index in [0.29, 0.717) is 5.95 Å². The number of anilines is 1. The molecule has 0 radical (unpaired) electrons. The molecule has 7 heteroatoms. The number of nitrogens with zero attached hydrogens (tertiary/aromatic N) is 2. The average molecular weight is 272 g/mol. The SMILES string of the molecule is CNS(=O)(=O)CCNc1nccc(C(C)(C)C)n1. The van der Waals surface area contributed by atoms with Crippen molar-refractivity contribution in [3.05, 3.63) is 18.0 Å². The molecule has 102 valence electrons. The highest BCUT2D eigenvalue weighted by molar-refractivity contribution is 7.89. The Morgan fingerprint density at radius 1 is 1.33 bits per heavy atom. The lowest BCUT2D eigenvalue weighted by Crippen LogP contribution is -2.26. The number of rotatable bonds is 5. The maximum Gasteiger partial charge on any atom is 0.222 e. The summed E-state index contributed by atoms with van der Waals surface area (Å²) in [5, 5.41) is 2.91. The molecule has 0 spiro atoms. The Labute approximate surface area is 108 Å². The summed E-state index contributed by atoms with van der Waals surface area (Å²) < 4.78 is 24.7. The molecule has 1 rings (SSSR count). The molecule has 0 aliphatic rings. The van der Waals surface area contributed by atoms with Gasteiger partial charge in [-0.15, -0.1) is 0 Å². The third-order valence-corrected chi connectivity index (χ3v) is 3.75. The molecule has 0 bridgehead atoms. The second-order valence-electron chi connectivity index (χ2n) is 4.97. The van der Waals surface area contributed by atoms with Crippen molar-refractivity contribution >= 4 is 16.0 Å². The highest BCUT2D eigenvalue weighted by Crippen LogP contribution is 2.19. The zero-order chi connectivity index (χ0) is 13.8. The molecule has 0 atom stereocenters. The first-order valence-electron chi connectivity index (χ1n) is 5.73. The van der Waals surface area contributed by atoms with E-state index in [1.54, 1.807) is 6.20 Å². The number of hydrogen-bond donors (Lipinski definition) is 2. The molecule has 2 N–H and O–H groups in total. The fraction of sp³-hybridized carbons (Fsp3) is 0.636. The van der Waals surface area contributed by atoms with Gasteiger partial charge in [0.05, 0.1) is 11.4 Å². The van der Waals surface area contributed by atoms with Crippen molar-refractivity contribution in [1.82, 2.24) is 14.7 Å². The predicted octanol–water partition coefficient (Wildman–Crippen LogP) is 0.735. The van der Waals surface area contributed by atoms with Crippen molar-refractivity contribution in [2.45, 2.75) is 26.2 Å². The van der Waals surface area contributed by atoms with E-state index in [4.69, 9.17) is 0 Å². The molecule has 0 aromatic carbocycles. The summed E-state index contributed by atoms with van der Waals surface area (Å²) in [5.74, 6) is 0.445. The molecule has 0 unspecified atom stereocenters. The van der Waals surface area contributed by atoms with Crippen molar-refractivity contribution in [1.29, 1.82) is 0 Å². The highest BCUT2D eigenvalue weighted by Gasteiger charge is 2.16. The molecule has 0 saturated heterocycles. The number of nitrogens with one attached hydrogen (secondary N) is 2. The first-order valence-corrected chi connectivity index (χ1v) is 7.38. The van der Waals surface area contributed by atoms with Crippen LogP contribution in [0.4, 0.5) is 5.95 Å². The molecule has 6 nitrogen and oxygen atoms in total. The lowest BCUT2D eigenvalue weighted by molar-refractivity contribution is 0.567. The summed E-state index contributed by atoms with van der Waals surface area (Å²) in [5.41, 5.74) is 0.854. The summed E-state index contributed by atoms with van der Waals surface area (Å²) >= 11 is 0. The van der Waals surface area contributed by atoms with Gasteiger partial charge in [0.1, 0.15) is 0 Å². The lowest BCUT2D eigenvalue weighted by Gasteiger charge is -2.18. The summed E-state index contributed by atoms with van der Waals surface area (Å²) in [6.45, 7) is 6.45. The Morgan fingerprint density at radius 3 is 2.56 bits per heavy atom. The summed E-state index contributed by atoms with van der Waals surface area (Å²) in [4.78, 5) is 8.41. The smallest absolute Gasteiger partial charge is 0.222 e. The number of hydrogen-bond acceptors (Lipinski definition) is 5. The van der Waals surface area contributed by atoms with Crippen LogP contribution >= 0.6 is 0 Å². The monoisotopic (exact) mass is 272 g/mol. The van der Waals surface area contributed by atoms with Crippen molar-refractivity contribution < 1.29 is 8.42 Å². The van der Waals surface area contributed by atoms with Crippen LogP contribution in [0.15, 0.2) is 12.3 Å². The van der Waals surface area contributed by atoms with Gasteiger partial charge in [-0.2, -0.15) is 0 Å².